The Bertz CT molecular complexity index is 648. The summed E-state index contributed by atoms with van der Waals surface area (Å²) in [7, 11) is 0. The third-order valence-corrected chi connectivity index (χ3v) is 3.92. The summed E-state index contributed by atoms with van der Waals surface area (Å²) < 4.78 is 7.59. The largest absolute Gasteiger partial charge is 0.381 e. The van der Waals surface area contributed by atoms with Gasteiger partial charge in [-0.3, -0.25) is 0 Å². The fraction of sp³-hybridized carbons (Fsp3) is 0.562. The number of nitrogen functional groups attached to an aromatic ring is 1. The van der Waals surface area contributed by atoms with Crippen molar-refractivity contribution in [2.24, 2.45) is 5.92 Å². The van der Waals surface area contributed by atoms with Crippen LogP contribution in [0.5, 0.6) is 0 Å². The van der Waals surface area contributed by atoms with Gasteiger partial charge in [0.25, 0.3) is 0 Å². The van der Waals surface area contributed by atoms with Crippen LogP contribution < -0.4 is 11.1 Å². The quantitative estimate of drug-likeness (QED) is 0.847. The molecule has 124 valence electrons. The zero-order chi connectivity index (χ0) is 16.2. The highest BCUT2D eigenvalue weighted by Crippen LogP contribution is 2.25. The Hall–Kier alpha value is -2.15. The Kier molecular flexibility index (Phi) is 4.76. The number of rotatable bonds is 6. The van der Waals surface area contributed by atoms with E-state index in [0.29, 0.717) is 30.9 Å². The number of aromatic nitrogens is 4. The average Bonchev–Trinajstić information content (AvgIpc) is 3.15. The van der Waals surface area contributed by atoms with Gasteiger partial charge < -0.3 is 20.4 Å². The van der Waals surface area contributed by atoms with Crippen molar-refractivity contribution in [2.75, 3.05) is 24.3 Å². The van der Waals surface area contributed by atoms with E-state index in [9.17, 15) is 0 Å². The lowest BCUT2D eigenvalue weighted by atomic mass is 10.0. The highest BCUT2D eigenvalue weighted by molar-refractivity contribution is 5.42. The zero-order valence-electron chi connectivity index (χ0n) is 13.7. The van der Waals surface area contributed by atoms with Crippen LogP contribution >= 0.6 is 0 Å². The fourth-order valence-electron chi connectivity index (χ4n) is 2.79. The number of anilines is 2. The highest BCUT2D eigenvalue weighted by atomic mass is 16.5. The fourth-order valence-corrected chi connectivity index (χ4v) is 2.79. The summed E-state index contributed by atoms with van der Waals surface area (Å²) in [4.78, 5) is 12.9. The van der Waals surface area contributed by atoms with Gasteiger partial charge in [-0.05, 0) is 12.3 Å². The maximum absolute atomic E-state index is 5.85. The van der Waals surface area contributed by atoms with Crippen molar-refractivity contribution >= 4 is 11.8 Å². The van der Waals surface area contributed by atoms with E-state index < -0.39 is 0 Å². The van der Waals surface area contributed by atoms with E-state index in [1.165, 1.54) is 0 Å². The molecule has 0 amide bonds. The SMILES string of the molecule is CC(C)Cn1cncc1CNc1cc([C@H]2CCOC2)nc(N)n1. The van der Waals surface area contributed by atoms with E-state index in [2.05, 4.69) is 38.7 Å². The Morgan fingerprint density at radius 2 is 2.30 bits per heavy atom. The van der Waals surface area contributed by atoms with Gasteiger partial charge in [0, 0.05) is 31.3 Å². The zero-order valence-corrected chi connectivity index (χ0v) is 13.7. The molecule has 0 bridgehead atoms. The van der Waals surface area contributed by atoms with Crippen molar-refractivity contribution in [1.82, 2.24) is 19.5 Å². The molecule has 0 radical (unpaired) electrons. The molecule has 1 fully saturated rings. The van der Waals surface area contributed by atoms with Gasteiger partial charge in [-0.2, -0.15) is 4.98 Å². The molecule has 3 heterocycles. The van der Waals surface area contributed by atoms with E-state index in [0.717, 1.165) is 36.8 Å². The van der Waals surface area contributed by atoms with Crippen LogP contribution in [0.3, 0.4) is 0 Å². The molecule has 3 rings (SSSR count). The Balaban J connectivity index is 1.69. The van der Waals surface area contributed by atoms with E-state index in [1.54, 1.807) is 0 Å². The number of ether oxygens (including phenoxy) is 1. The third-order valence-electron chi connectivity index (χ3n) is 3.92. The van der Waals surface area contributed by atoms with Crippen LogP contribution in [0.4, 0.5) is 11.8 Å². The first-order chi connectivity index (χ1) is 11.1. The van der Waals surface area contributed by atoms with Gasteiger partial charge in [-0.15, -0.1) is 0 Å². The first-order valence-corrected chi connectivity index (χ1v) is 8.07. The number of nitrogens with two attached hydrogens (primary N) is 1. The van der Waals surface area contributed by atoms with Crippen molar-refractivity contribution in [3.8, 4) is 0 Å². The summed E-state index contributed by atoms with van der Waals surface area (Å²) in [6, 6.07) is 1.97. The highest BCUT2D eigenvalue weighted by Gasteiger charge is 2.20. The topological polar surface area (TPSA) is 90.9 Å². The maximum atomic E-state index is 5.85. The van der Waals surface area contributed by atoms with Crippen molar-refractivity contribution in [3.05, 3.63) is 30.0 Å². The van der Waals surface area contributed by atoms with Gasteiger partial charge in [0.1, 0.15) is 5.82 Å². The van der Waals surface area contributed by atoms with Gasteiger partial charge in [0.05, 0.1) is 30.9 Å². The van der Waals surface area contributed by atoms with Crippen LogP contribution in [0.2, 0.25) is 0 Å². The number of hydrogen-bond acceptors (Lipinski definition) is 6. The van der Waals surface area contributed by atoms with Gasteiger partial charge >= 0.3 is 0 Å². The number of nitrogens with one attached hydrogen (secondary N) is 1. The predicted molar refractivity (Wildman–Crippen MR) is 89.0 cm³/mol. The van der Waals surface area contributed by atoms with Crippen LogP contribution in [-0.2, 0) is 17.8 Å². The minimum absolute atomic E-state index is 0.299. The summed E-state index contributed by atoms with van der Waals surface area (Å²) in [6.07, 6.45) is 4.73. The molecule has 2 aromatic rings. The van der Waals surface area contributed by atoms with E-state index >= 15 is 0 Å². The van der Waals surface area contributed by atoms with Gasteiger partial charge in [-0.25, -0.2) is 9.97 Å². The second kappa shape index (κ2) is 6.95. The molecule has 0 unspecified atom stereocenters. The van der Waals surface area contributed by atoms with Crippen LogP contribution in [0, 0.1) is 5.92 Å². The minimum atomic E-state index is 0.299. The number of imidazole rings is 1. The van der Waals surface area contributed by atoms with Crippen molar-refractivity contribution in [3.63, 3.8) is 0 Å². The molecule has 0 aromatic carbocycles. The van der Waals surface area contributed by atoms with Crippen LogP contribution in [0.15, 0.2) is 18.6 Å². The molecule has 0 saturated carbocycles. The second-order valence-electron chi connectivity index (χ2n) is 6.38. The van der Waals surface area contributed by atoms with E-state index in [4.69, 9.17) is 10.5 Å². The molecule has 7 nitrogen and oxygen atoms in total. The summed E-state index contributed by atoms with van der Waals surface area (Å²) in [5.41, 5.74) is 7.93. The second-order valence-corrected chi connectivity index (χ2v) is 6.38. The normalized spacial score (nSPS) is 17.8. The van der Waals surface area contributed by atoms with Crippen LogP contribution in [0.1, 0.15) is 37.6 Å². The molecule has 7 heteroatoms. The minimum Gasteiger partial charge on any atom is -0.381 e. The number of nitrogens with zero attached hydrogens (tertiary/aromatic N) is 4. The van der Waals surface area contributed by atoms with E-state index in [1.807, 2.05) is 18.6 Å². The summed E-state index contributed by atoms with van der Waals surface area (Å²) in [5.74, 6) is 1.93. The van der Waals surface area contributed by atoms with Gasteiger partial charge in [-0.1, -0.05) is 13.8 Å². The lowest BCUT2D eigenvalue weighted by Gasteiger charge is -2.13. The summed E-state index contributed by atoms with van der Waals surface area (Å²) >= 11 is 0. The molecular weight excluding hydrogens is 292 g/mol. The smallest absolute Gasteiger partial charge is 0.222 e. The summed E-state index contributed by atoms with van der Waals surface area (Å²) in [5, 5.41) is 3.33. The predicted octanol–water partition coefficient (Wildman–Crippen LogP) is 2.03. The van der Waals surface area contributed by atoms with Crippen molar-refractivity contribution < 1.29 is 4.74 Å². The summed E-state index contributed by atoms with van der Waals surface area (Å²) in [6.45, 7) is 7.48. The molecule has 1 atom stereocenters. The van der Waals surface area contributed by atoms with Crippen LogP contribution in [0.25, 0.3) is 0 Å². The standard InChI is InChI=1S/C16H24N6O/c1-11(2)8-22-10-18-6-13(22)7-19-15-5-14(20-16(17)21-15)12-3-4-23-9-12/h5-6,10-12H,3-4,7-9H2,1-2H3,(H3,17,19,20,21)/t12-/m0/s1. The Labute approximate surface area is 136 Å². The van der Waals surface area contributed by atoms with E-state index in [-0.39, 0.29) is 0 Å². The monoisotopic (exact) mass is 316 g/mol. The third kappa shape index (κ3) is 3.98. The Morgan fingerprint density at radius 1 is 1.43 bits per heavy atom. The lowest BCUT2D eigenvalue weighted by molar-refractivity contribution is 0.193. The van der Waals surface area contributed by atoms with Gasteiger partial charge in [0.2, 0.25) is 5.95 Å². The molecule has 3 N–H and O–H groups in total. The molecule has 1 saturated heterocycles. The average molecular weight is 316 g/mol. The number of hydrogen-bond donors (Lipinski definition) is 2. The molecule has 2 aromatic heterocycles. The maximum Gasteiger partial charge on any atom is 0.222 e. The lowest BCUT2D eigenvalue weighted by Crippen LogP contribution is -2.12. The van der Waals surface area contributed by atoms with Crippen molar-refractivity contribution in [1.29, 1.82) is 0 Å². The molecule has 1 aliphatic heterocycles. The molecule has 1 aliphatic rings. The first kappa shape index (κ1) is 15.7. The van der Waals surface area contributed by atoms with Crippen LogP contribution in [-0.4, -0.2) is 32.7 Å². The first-order valence-electron chi connectivity index (χ1n) is 8.07. The Morgan fingerprint density at radius 3 is 3.04 bits per heavy atom. The molecule has 0 spiro atoms. The molecule has 0 aliphatic carbocycles. The molecule has 23 heavy (non-hydrogen) atoms. The molecular formula is C16H24N6O. The van der Waals surface area contributed by atoms with Crippen molar-refractivity contribution in [2.45, 2.75) is 39.3 Å². The van der Waals surface area contributed by atoms with Gasteiger partial charge in [0.15, 0.2) is 0 Å².